The first-order valence-electron chi connectivity index (χ1n) is 3.38. The van der Waals surface area contributed by atoms with Crippen LogP contribution < -0.4 is 10.5 Å². The average molecular weight is 133 g/mol. The minimum atomic E-state index is 1.00. The summed E-state index contributed by atoms with van der Waals surface area (Å²) >= 11 is 0. The van der Waals surface area contributed by atoms with Crippen molar-refractivity contribution < 1.29 is 5.10 Å². The second-order valence-electron chi connectivity index (χ2n) is 2.33. The minimum Gasteiger partial charge on any atom is -0.168 e. The van der Waals surface area contributed by atoms with Gasteiger partial charge in [0, 0.05) is 0 Å². The van der Waals surface area contributed by atoms with Crippen LogP contribution in [0.3, 0.4) is 0 Å². The van der Waals surface area contributed by atoms with Gasteiger partial charge in [-0.3, -0.25) is 0 Å². The van der Waals surface area contributed by atoms with Crippen molar-refractivity contribution in [3.63, 3.8) is 0 Å². The number of fused-ring (bicyclic) bond motifs is 1. The fraction of sp³-hybridized carbons (Fsp3) is 0.125. The van der Waals surface area contributed by atoms with E-state index in [0.29, 0.717) is 0 Å². The Morgan fingerprint density at radius 3 is 3.10 bits per heavy atom. The van der Waals surface area contributed by atoms with Crippen molar-refractivity contribution in [3.8, 4) is 0 Å². The number of hydrazone groups is 1. The molecule has 1 aliphatic heterocycles. The Morgan fingerprint density at radius 1 is 1.30 bits per heavy atom. The molecule has 0 fully saturated rings. The van der Waals surface area contributed by atoms with Gasteiger partial charge in [-0.15, -0.1) is 5.10 Å². The summed E-state index contributed by atoms with van der Waals surface area (Å²) in [6.45, 7) is 0. The summed E-state index contributed by atoms with van der Waals surface area (Å²) in [6, 6.07) is 8.27. The van der Waals surface area contributed by atoms with Crippen LogP contribution in [0.5, 0.6) is 0 Å². The largest absolute Gasteiger partial charge is 0.172 e. The number of hydrogen-bond acceptors (Lipinski definition) is 1. The maximum atomic E-state index is 3.06. The molecule has 2 nitrogen and oxygen atoms in total. The Hall–Kier alpha value is -1.31. The van der Waals surface area contributed by atoms with Gasteiger partial charge in [-0.25, -0.2) is 0 Å². The molecule has 0 aliphatic carbocycles. The van der Waals surface area contributed by atoms with Gasteiger partial charge in [-0.1, -0.05) is 18.2 Å². The van der Waals surface area contributed by atoms with Crippen molar-refractivity contribution in [2.24, 2.45) is 0 Å². The summed E-state index contributed by atoms with van der Waals surface area (Å²) in [7, 11) is 0. The lowest BCUT2D eigenvalue weighted by molar-refractivity contribution is -0.416. The standard InChI is InChI=1S/C8H8N2/c1-2-4-8-7(3-1)5-6-9-10-8/h1-4,6,10H,5H2/p+1. The van der Waals surface area contributed by atoms with Gasteiger partial charge >= 0.3 is 0 Å². The van der Waals surface area contributed by atoms with Crippen LogP contribution in [-0.4, -0.2) is 6.21 Å². The second-order valence-corrected chi connectivity index (χ2v) is 2.33. The van der Waals surface area contributed by atoms with E-state index in [1.54, 1.807) is 0 Å². The quantitative estimate of drug-likeness (QED) is 0.500. The Bertz CT molecular complexity index is 239. The maximum Gasteiger partial charge on any atom is 0.172 e. The third-order valence-corrected chi connectivity index (χ3v) is 1.65. The molecule has 0 unspecified atom stereocenters. The lowest BCUT2D eigenvalue weighted by Gasteiger charge is -2.05. The van der Waals surface area contributed by atoms with E-state index in [4.69, 9.17) is 0 Å². The summed E-state index contributed by atoms with van der Waals surface area (Å²) in [6.07, 6.45) is 3.01. The minimum absolute atomic E-state index is 1.00. The number of anilines is 1. The van der Waals surface area contributed by atoms with Gasteiger partial charge in [-0.05, 0) is 11.6 Å². The van der Waals surface area contributed by atoms with Crippen molar-refractivity contribution in [2.75, 3.05) is 5.43 Å². The van der Waals surface area contributed by atoms with E-state index in [0.717, 1.165) is 6.42 Å². The molecule has 2 heteroatoms. The molecule has 0 amide bonds. The molecule has 2 rings (SSSR count). The first-order chi connectivity index (χ1) is 4.97. The smallest absolute Gasteiger partial charge is 0.168 e. The fourth-order valence-corrected chi connectivity index (χ4v) is 1.11. The highest BCUT2D eigenvalue weighted by atomic mass is 15.3. The number of hydrogen-bond donors (Lipinski definition) is 2. The van der Waals surface area contributed by atoms with Crippen LogP contribution >= 0.6 is 0 Å². The van der Waals surface area contributed by atoms with Gasteiger partial charge in [0.15, 0.2) is 6.21 Å². The highest BCUT2D eigenvalue weighted by Crippen LogP contribution is 2.13. The third kappa shape index (κ3) is 0.778. The SMILES string of the molecule is C1=[NH+]Nc2ccccc2C1. The Kier molecular flexibility index (Phi) is 1.17. The van der Waals surface area contributed by atoms with Crippen LogP contribution in [0.4, 0.5) is 5.69 Å². The predicted molar refractivity (Wildman–Crippen MR) is 40.8 cm³/mol. The number of rotatable bonds is 0. The lowest BCUT2D eigenvalue weighted by Crippen LogP contribution is -2.75. The highest BCUT2D eigenvalue weighted by Gasteiger charge is 2.05. The van der Waals surface area contributed by atoms with Crippen LogP contribution in [0.1, 0.15) is 5.56 Å². The Morgan fingerprint density at radius 2 is 2.20 bits per heavy atom. The van der Waals surface area contributed by atoms with Crippen LogP contribution in [0.25, 0.3) is 0 Å². The zero-order chi connectivity index (χ0) is 6.81. The number of hydrazine groups is 1. The van der Waals surface area contributed by atoms with Crippen LogP contribution in [-0.2, 0) is 6.42 Å². The molecule has 2 N–H and O–H groups in total. The summed E-state index contributed by atoms with van der Waals surface area (Å²) in [5.41, 5.74) is 5.59. The van der Waals surface area contributed by atoms with Gasteiger partial charge in [0.25, 0.3) is 0 Å². The van der Waals surface area contributed by atoms with Crippen molar-refractivity contribution >= 4 is 11.9 Å². The summed E-state index contributed by atoms with van der Waals surface area (Å²) in [5.74, 6) is 0. The number of para-hydroxylation sites is 1. The van der Waals surface area contributed by atoms with E-state index in [1.807, 2.05) is 12.3 Å². The number of benzene rings is 1. The van der Waals surface area contributed by atoms with Gasteiger partial charge < -0.3 is 0 Å². The van der Waals surface area contributed by atoms with E-state index < -0.39 is 0 Å². The summed E-state index contributed by atoms with van der Waals surface area (Å²) in [5, 5.41) is 2.97. The van der Waals surface area contributed by atoms with Crippen LogP contribution in [0.2, 0.25) is 0 Å². The van der Waals surface area contributed by atoms with Crippen molar-refractivity contribution in [3.05, 3.63) is 29.8 Å². The van der Waals surface area contributed by atoms with Crippen LogP contribution in [0.15, 0.2) is 24.3 Å². The molecule has 0 aromatic heterocycles. The summed E-state index contributed by atoms with van der Waals surface area (Å²) in [4.78, 5) is 0. The lowest BCUT2D eigenvalue weighted by atomic mass is 10.1. The van der Waals surface area contributed by atoms with Crippen LogP contribution in [0, 0.1) is 0 Å². The zero-order valence-electron chi connectivity index (χ0n) is 5.59. The molecule has 1 aromatic carbocycles. The highest BCUT2D eigenvalue weighted by molar-refractivity contribution is 5.64. The summed E-state index contributed by atoms with van der Waals surface area (Å²) < 4.78 is 0. The Balaban J connectivity index is 2.47. The van der Waals surface area contributed by atoms with E-state index in [-0.39, 0.29) is 0 Å². The van der Waals surface area contributed by atoms with Crippen molar-refractivity contribution in [1.82, 2.24) is 0 Å². The predicted octanol–water partition coefficient (Wildman–Crippen LogP) is -0.279. The topological polar surface area (TPSA) is 26.0 Å². The molecule has 0 spiro atoms. The van der Waals surface area contributed by atoms with Gasteiger partial charge in [0.05, 0.1) is 12.1 Å². The molecular weight excluding hydrogens is 124 g/mol. The molecule has 0 atom stereocenters. The van der Waals surface area contributed by atoms with E-state index in [9.17, 15) is 0 Å². The first kappa shape index (κ1) is 5.47. The van der Waals surface area contributed by atoms with E-state index in [1.165, 1.54) is 11.3 Å². The molecular formula is C8H9N2+. The Labute approximate surface area is 59.6 Å². The van der Waals surface area contributed by atoms with E-state index in [2.05, 4.69) is 28.7 Å². The molecule has 0 saturated heterocycles. The zero-order valence-corrected chi connectivity index (χ0v) is 5.59. The van der Waals surface area contributed by atoms with Gasteiger partial charge in [-0.2, -0.15) is 5.43 Å². The van der Waals surface area contributed by atoms with Crippen molar-refractivity contribution in [2.45, 2.75) is 6.42 Å². The molecule has 1 aromatic rings. The normalized spacial score (nSPS) is 14.0. The second kappa shape index (κ2) is 2.14. The molecule has 10 heavy (non-hydrogen) atoms. The number of nitrogens with one attached hydrogen (secondary N) is 2. The van der Waals surface area contributed by atoms with E-state index >= 15 is 0 Å². The molecule has 1 aliphatic rings. The third-order valence-electron chi connectivity index (χ3n) is 1.65. The van der Waals surface area contributed by atoms with Gasteiger partial charge in [0.2, 0.25) is 0 Å². The molecule has 1 heterocycles. The molecule has 0 radical (unpaired) electrons. The van der Waals surface area contributed by atoms with Gasteiger partial charge in [0.1, 0.15) is 0 Å². The molecule has 0 saturated carbocycles. The molecule has 50 valence electrons. The monoisotopic (exact) mass is 133 g/mol. The maximum absolute atomic E-state index is 3.06. The average Bonchev–Trinajstić information content (AvgIpc) is 2.05. The van der Waals surface area contributed by atoms with Crippen molar-refractivity contribution in [1.29, 1.82) is 0 Å². The first-order valence-corrected chi connectivity index (χ1v) is 3.38. The fourth-order valence-electron chi connectivity index (χ4n) is 1.11. The molecule has 0 bridgehead atoms.